The number of halogens is 2. The van der Waals surface area contributed by atoms with Crippen LogP contribution >= 0.6 is 34.2 Å². The van der Waals surface area contributed by atoms with E-state index in [4.69, 9.17) is 26.8 Å². The van der Waals surface area contributed by atoms with Crippen molar-refractivity contribution in [3.63, 3.8) is 0 Å². The molecular weight excluding hydrogens is 381 g/mol. The van der Waals surface area contributed by atoms with Gasteiger partial charge in [0.2, 0.25) is 0 Å². The van der Waals surface area contributed by atoms with Crippen LogP contribution in [0, 0.1) is 3.57 Å². The SMILES string of the molecule is Nc1c(I)cnn1Cc1cc(Cl)c2c(c1)OCCO2. The zero-order valence-corrected chi connectivity index (χ0v) is 12.8. The minimum absolute atomic E-state index is 0.524. The lowest BCUT2D eigenvalue weighted by atomic mass is 10.2. The highest BCUT2D eigenvalue weighted by molar-refractivity contribution is 14.1. The number of ether oxygens (including phenoxy) is 2. The van der Waals surface area contributed by atoms with E-state index in [1.807, 2.05) is 12.1 Å². The lowest BCUT2D eigenvalue weighted by molar-refractivity contribution is 0.171. The van der Waals surface area contributed by atoms with Crippen molar-refractivity contribution in [1.82, 2.24) is 9.78 Å². The first kappa shape index (κ1) is 12.9. The average molecular weight is 392 g/mol. The molecule has 0 fully saturated rings. The fourth-order valence-corrected chi connectivity index (χ4v) is 2.62. The maximum absolute atomic E-state index is 6.19. The number of nitrogens with two attached hydrogens (primary N) is 1. The smallest absolute Gasteiger partial charge is 0.179 e. The average Bonchev–Trinajstić information content (AvgIpc) is 2.71. The van der Waals surface area contributed by atoms with Gasteiger partial charge in [-0.25, -0.2) is 4.68 Å². The first-order chi connectivity index (χ1) is 9.15. The number of nitrogen functional groups attached to an aromatic ring is 1. The van der Waals surface area contributed by atoms with Crippen molar-refractivity contribution in [2.45, 2.75) is 6.54 Å². The second-order valence-electron chi connectivity index (χ2n) is 4.14. The van der Waals surface area contributed by atoms with Gasteiger partial charge < -0.3 is 15.2 Å². The number of fused-ring (bicyclic) bond motifs is 1. The Morgan fingerprint density at radius 2 is 2.16 bits per heavy atom. The van der Waals surface area contributed by atoms with Crippen LogP contribution in [0.15, 0.2) is 18.3 Å². The standard InChI is InChI=1S/C12H11ClIN3O2/c13-8-3-7(4-10-11(8)19-2-1-18-10)6-17-12(15)9(14)5-16-17/h3-5H,1-2,6,15H2. The molecule has 5 nitrogen and oxygen atoms in total. The molecule has 1 aliphatic heterocycles. The molecule has 1 aromatic heterocycles. The van der Waals surface area contributed by atoms with E-state index in [0.29, 0.717) is 42.1 Å². The van der Waals surface area contributed by atoms with Gasteiger partial charge in [0.15, 0.2) is 11.5 Å². The summed E-state index contributed by atoms with van der Waals surface area (Å²) in [6, 6.07) is 3.76. The second kappa shape index (κ2) is 5.09. The molecule has 2 aromatic rings. The van der Waals surface area contributed by atoms with E-state index in [2.05, 4.69) is 27.7 Å². The summed E-state index contributed by atoms with van der Waals surface area (Å²) in [5.74, 6) is 1.93. The van der Waals surface area contributed by atoms with E-state index in [-0.39, 0.29) is 0 Å². The Morgan fingerprint density at radius 1 is 1.37 bits per heavy atom. The predicted octanol–water partition coefficient (Wildman–Crippen LogP) is 2.54. The fourth-order valence-electron chi connectivity index (χ4n) is 1.93. The first-order valence-corrected chi connectivity index (χ1v) is 7.15. The van der Waals surface area contributed by atoms with Gasteiger partial charge in [-0.1, -0.05) is 11.6 Å². The number of benzene rings is 1. The summed E-state index contributed by atoms with van der Waals surface area (Å²) in [6.07, 6.45) is 1.73. The van der Waals surface area contributed by atoms with E-state index in [0.717, 1.165) is 9.13 Å². The normalized spacial score (nSPS) is 13.6. The molecule has 3 rings (SSSR count). The van der Waals surface area contributed by atoms with Crippen LogP contribution in [-0.4, -0.2) is 23.0 Å². The first-order valence-electron chi connectivity index (χ1n) is 5.70. The second-order valence-corrected chi connectivity index (χ2v) is 5.71. The third-order valence-electron chi connectivity index (χ3n) is 2.82. The largest absolute Gasteiger partial charge is 0.486 e. The monoisotopic (exact) mass is 391 g/mol. The molecule has 0 saturated carbocycles. The number of anilines is 1. The van der Waals surface area contributed by atoms with Gasteiger partial charge in [-0.3, -0.25) is 0 Å². The molecular formula is C12H11ClIN3O2. The van der Waals surface area contributed by atoms with Crippen LogP contribution in [-0.2, 0) is 6.54 Å². The summed E-state index contributed by atoms with van der Waals surface area (Å²) in [4.78, 5) is 0. The number of aromatic nitrogens is 2. The van der Waals surface area contributed by atoms with Crippen LogP contribution in [0.5, 0.6) is 11.5 Å². The zero-order chi connectivity index (χ0) is 13.4. The van der Waals surface area contributed by atoms with E-state index in [1.165, 1.54) is 0 Å². The van der Waals surface area contributed by atoms with Gasteiger partial charge in [0.1, 0.15) is 19.0 Å². The zero-order valence-electron chi connectivity index (χ0n) is 9.90. The Kier molecular flexibility index (Phi) is 3.44. The number of rotatable bonds is 2. The van der Waals surface area contributed by atoms with Gasteiger partial charge >= 0.3 is 0 Å². The molecule has 0 amide bonds. The molecule has 0 spiro atoms. The lowest BCUT2D eigenvalue weighted by Crippen LogP contribution is -2.16. The van der Waals surface area contributed by atoms with Crippen LogP contribution in [0.4, 0.5) is 5.82 Å². The summed E-state index contributed by atoms with van der Waals surface area (Å²) in [5.41, 5.74) is 6.90. The van der Waals surface area contributed by atoms with Gasteiger partial charge in [-0.05, 0) is 40.3 Å². The lowest BCUT2D eigenvalue weighted by Gasteiger charge is -2.20. The third kappa shape index (κ3) is 2.46. The van der Waals surface area contributed by atoms with Gasteiger partial charge in [-0.2, -0.15) is 5.10 Å². The topological polar surface area (TPSA) is 62.3 Å². The molecule has 0 saturated heterocycles. The summed E-state index contributed by atoms with van der Waals surface area (Å²) in [7, 11) is 0. The Balaban J connectivity index is 1.93. The number of hydrogen-bond acceptors (Lipinski definition) is 4. The molecule has 0 atom stereocenters. The molecule has 0 radical (unpaired) electrons. The molecule has 2 N–H and O–H groups in total. The van der Waals surface area contributed by atoms with E-state index >= 15 is 0 Å². The van der Waals surface area contributed by atoms with Crippen LogP contribution in [0.25, 0.3) is 0 Å². The molecule has 1 aromatic carbocycles. The minimum atomic E-state index is 0.524. The summed E-state index contributed by atoms with van der Waals surface area (Å²) in [6.45, 7) is 1.61. The maximum atomic E-state index is 6.19. The van der Waals surface area contributed by atoms with Crippen molar-refractivity contribution in [2.75, 3.05) is 18.9 Å². The fraction of sp³-hybridized carbons (Fsp3) is 0.250. The van der Waals surface area contributed by atoms with Crippen molar-refractivity contribution in [3.8, 4) is 11.5 Å². The van der Waals surface area contributed by atoms with Crippen molar-refractivity contribution >= 4 is 40.0 Å². The van der Waals surface area contributed by atoms with Crippen molar-refractivity contribution in [2.24, 2.45) is 0 Å². The highest BCUT2D eigenvalue weighted by Gasteiger charge is 2.17. The summed E-state index contributed by atoms with van der Waals surface area (Å²) >= 11 is 8.34. The van der Waals surface area contributed by atoms with E-state index < -0.39 is 0 Å². The molecule has 0 bridgehead atoms. The van der Waals surface area contributed by atoms with Crippen molar-refractivity contribution in [1.29, 1.82) is 0 Å². The number of hydrogen-bond donors (Lipinski definition) is 1. The minimum Gasteiger partial charge on any atom is -0.486 e. The molecule has 19 heavy (non-hydrogen) atoms. The summed E-state index contributed by atoms with van der Waals surface area (Å²) in [5, 5.41) is 4.77. The summed E-state index contributed by atoms with van der Waals surface area (Å²) < 4.78 is 13.7. The molecule has 2 heterocycles. The quantitative estimate of drug-likeness (QED) is 0.799. The molecule has 0 aliphatic carbocycles. The third-order valence-corrected chi connectivity index (χ3v) is 3.93. The molecule has 0 unspecified atom stereocenters. The van der Waals surface area contributed by atoms with Gasteiger partial charge in [0.05, 0.1) is 21.3 Å². The van der Waals surface area contributed by atoms with Crippen molar-refractivity contribution in [3.05, 3.63) is 32.5 Å². The molecule has 1 aliphatic rings. The van der Waals surface area contributed by atoms with E-state index in [1.54, 1.807) is 10.9 Å². The van der Waals surface area contributed by atoms with Gasteiger partial charge in [0, 0.05) is 0 Å². The van der Waals surface area contributed by atoms with E-state index in [9.17, 15) is 0 Å². The van der Waals surface area contributed by atoms with Gasteiger partial charge in [-0.15, -0.1) is 0 Å². The highest BCUT2D eigenvalue weighted by Crippen LogP contribution is 2.38. The Morgan fingerprint density at radius 3 is 2.89 bits per heavy atom. The van der Waals surface area contributed by atoms with Gasteiger partial charge in [0.25, 0.3) is 0 Å². The van der Waals surface area contributed by atoms with Crippen molar-refractivity contribution < 1.29 is 9.47 Å². The highest BCUT2D eigenvalue weighted by atomic mass is 127. The predicted molar refractivity (Wildman–Crippen MR) is 80.9 cm³/mol. The Bertz CT molecular complexity index is 630. The Labute approximate surface area is 128 Å². The van der Waals surface area contributed by atoms with Crippen LogP contribution in [0.1, 0.15) is 5.56 Å². The number of nitrogens with zero attached hydrogens (tertiary/aromatic N) is 2. The van der Waals surface area contributed by atoms with Crippen LogP contribution in [0.2, 0.25) is 5.02 Å². The van der Waals surface area contributed by atoms with Crippen LogP contribution < -0.4 is 15.2 Å². The Hall–Kier alpha value is -1.15. The van der Waals surface area contributed by atoms with Crippen LogP contribution in [0.3, 0.4) is 0 Å². The molecule has 7 heteroatoms. The maximum Gasteiger partial charge on any atom is 0.179 e. The molecule has 100 valence electrons.